The van der Waals surface area contributed by atoms with Crippen molar-refractivity contribution in [3.8, 4) is 16.8 Å². The molecule has 0 radical (unpaired) electrons. The van der Waals surface area contributed by atoms with Gasteiger partial charge in [-0.25, -0.2) is 4.98 Å². The van der Waals surface area contributed by atoms with Crippen molar-refractivity contribution in [2.24, 2.45) is 10.2 Å². The summed E-state index contributed by atoms with van der Waals surface area (Å²) < 4.78 is 2.21. The third kappa shape index (κ3) is 2.27. The van der Waals surface area contributed by atoms with Crippen LogP contribution in [0.3, 0.4) is 0 Å². The maximum atomic E-state index is 4.67. The van der Waals surface area contributed by atoms with Gasteiger partial charge in [0.25, 0.3) is 0 Å². The highest BCUT2D eigenvalue weighted by Gasteiger charge is 2.23. The zero-order valence-electron chi connectivity index (χ0n) is 16.5. The fourth-order valence-electron chi connectivity index (χ4n) is 4.68. The minimum atomic E-state index is 0.947. The molecule has 0 N–H and O–H groups in total. The first kappa shape index (κ1) is 16.5. The number of benzene rings is 5. The zero-order valence-corrected chi connectivity index (χ0v) is 16.5. The molecule has 4 heteroatoms. The summed E-state index contributed by atoms with van der Waals surface area (Å²) >= 11 is 0. The predicted molar refractivity (Wildman–Crippen MR) is 126 cm³/mol. The Kier molecular flexibility index (Phi) is 3.24. The van der Waals surface area contributed by atoms with Gasteiger partial charge in [0.15, 0.2) is 0 Å². The molecule has 0 atom stereocenters. The lowest BCUT2D eigenvalue weighted by atomic mass is 9.91. The van der Waals surface area contributed by atoms with Crippen molar-refractivity contribution in [3.63, 3.8) is 0 Å². The summed E-state index contributed by atoms with van der Waals surface area (Å²) in [6, 6.07) is 31.8. The van der Waals surface area contributed by atoms with Crippen LogP contribution in [0.2, 0.25) is 0 Å². The van der Waals surface area contributed by atoms with Crippen molar-refractivity contribution in [1.82, 2.24) is 9.55 Å². The summed E-state index contributed by atoms with van der Waals surface area (Å²) in [5.41, 5.74) is 7.35. The van der Waals surface area contributed by atoms with Crippen molar-refractivity contribution in [2.75, 3.05) is 0 Å². The Hall–Kier alpha value is -4.31. The van der Waals surface area contributed by atoms with E-state index in [9.17, 15) is 0 Å². The van der Waals surface area contributed by atoms with Crippen LogP contribution in [0.5, 0.6) is 0 Å². The Morgan fingerprint density at radius 1 is 0.645 bits per heavy atom. The molecule has 144 valence electrons. The molecular weight excluding hydrogens is 380 g/mol. The topological polar surface area (TPSA) is 42.5 Å². The minimum Gasteiger partial charge on any atom is -0.298 e. The summed E-state index contributed by atoms with van der Waals surface area (Å²) in [4.78, 5) is 4.67. The number of aromatic nitrogens is 2. The summed E-state index contributed by atoms with van der Waals surface area (Å²) in [6.45, 7) is 0. The lowest BCUT2D eigenvalue weighted by Crippen LogP contribution is -1.99. The van der Waals surface area contributed by atoms with E-state index in [0.29, 0.717) is 0 Å². The van der Waals surface area contributed by atoms with Crippen LogP contribution in [0.4, 0.5) is 11.4 Å². The zero-order chi connectivity index (χ0) is 20.4. The molecule has 6 aromatic rings. The number of rotatable bonds is 2. The van der Waals surface area contributed by atoms with Crippen LogP contribution in [-0.4, -0.2) is 9.55 Å². The van der Waals surface area contributed by atoms with E-state index >= 15 is 0 Å². The first-order valence-electron chi connectivity index (χ1n) is 10.3. The Balaban J connectivity index is 1.67. The highest BCUT2D eigenvalue weighted by molar-refractivity contribution is 6.11. The number of para-hydroxylation sites is 2. The number of hydrogen-bond acceptors (Lipinski definition) is 3. The molecule has 0 spiro atoms. The molecule has 7 rings (SSSR count). The molecule has 4 nitrogen and oxygen atoms in total. The van der Waals surface area contributed by atoms with E-state index in [1.807, 2.05) is 12.4 Å². The minimum absolute atomic E-state index is 0.947. The van der Waals surface area contributed by atoms with Crippen molar-refractivity contribution >= 4 is 44.0 Å². The van der Waals surface area contributed by atoms with Crippen molar-refractivity contribution < 1.29 is 0 Å². The van der Waals surface area contributed by atoms with Gasteiger partial charge in [-0.1, -0.05) is 72.8 Å². The molecule has 0 fully saturated rings. The largest absolute Gasteiger partial charge is 0.298 e. The van der Waals surface area contributed by atoms with E-state index in [1.165, 1.54) is 21.5 Å². The smallest absolute Gasteiger partial charge is 0.122 e. The molecule has 0 aliphatic carbocycles. The van der Waals surface area contributed by atoms with Gasteiger partial charge in [0.05, 0.1) is 16.7 Å². The van der Waals surface area contributed by atoms with Crippen LogP contribution in [0, 0.1) is 0 Å². The lowest BCUT2D eigenvalue weighted by molar-refractivity contribution is 1.10. The van der Waals surface area contributed by atoms with Crippen molar-refractivity contribution in [1.29, 1.82) is 0 Å². The fourth-order valence-corrected chi connectivity index (χ4v) is 4.68. The molecular formula is C27H16N4. The van der Waals surface area contributed by atoms with Crippen LogP contribution in [0.25, 0.3) is 49.4 Å². The molecule has 1 aliphatic rings. The van der Waals surface area contributed by atoms with Crippen LogP contribution in [0.15, 0.2) is 108 Å². The number of hydrogen-bond donors (Lipinski definition) is 0. The molecule has 0 amide bonds. The maximum absolute atomic E-state index is 4.67. The highest BCUT2D eigenvalue weighted by atomic mass is 15.2. The van der Waals surface area contributed by atoms with Crippen molar-refractivity contribution in [3.05, 3.63) is 97.3 Å². The molecule has 0 unspecified atom stereocenters. The molecule has 0 saturated carbocycles. The van der Waals surface area contributed by atoms with Gasteiger partial charge in [-0.05, 0) is 34.4 Å². The third-order valence-corrected chi connectivity index (χ3v) is 6.12. The van der Waals surface area contributed by atoms with Gasteiger partial charge in [0.2, 0.25) is 0 Å². The fraction of sp³-hybridized carbons (Fsp3) is 0. The monoisotopic (exact) mass is 396 g/mol. The van der Waals surface area contributed by atoms with Crippen molar-refractivity contribution in [2.45, 2.75) is 0 Å². The lowest BCUT2D eigenvalue weighted by Gasteiger charge is -2.21. The maximum Gasteiger partial charge on any atom is 0.122 e. The Morgan fingerprint density at radius 3 is 2.29 bits per heavy atom. The molecule has 0 bridgehead atoms. The second-order valence-corrected chi connectivity index (χ2v) is 7.83. The summed E-state index contributed by atoms with van der Waals surface area (Å²) in [5, 5.41) is 13.4. The van der Waals surface area contributed by atoms with Gasteiger partial charge in [-0.15, -0.1) is 10.2 Å². The Bertz CT molecular complexity index is 1690. The molecule has 1 aromatic heterocycles. The summed E-state index contributed by atoms with van der Waals surface area (Å²) in [6.07, 6.45) is 1.93. The van der Waals surface area contributed by atoms with Crippen LogP contribution in [-0.2, 0) is 0 Å². The van der Waals surface area contributed by atoms with E-state index in [0.717, 1.165) is 39.2 Å². The quantitative estimate of drug-likeness (QED) is 0.295. The number of imidazole rings is 1. The van der Waals surface area contributed by atoms with E-state index in [4.69, 9.17) is 0 Å². The molecule has 5 aromatic carbocycles. The number of nitrogens with zero attached hydrogens (tertiary/aromatic N) is 4. The molecule has 1 aliphatic heterocycles. The van der Waals surface area contributed by atoms with Gasteiger partial charge < -0.3 is 0 Å². The average molecular weight is 396 g/mol. The summed E-state index contributed by atoms with van der Waals surface area (Å²) in [5.74, 6) is 0. The number of azo groups is 1. The van der Waals surface area contributed by atoms with Gasteiger partial charge in [-0.3, -0.25) is 4.57 Å². The van der Waals surface area contributed by atoms with E-state index in [1.54, 1.807) is 0 Å². The van der Waals surface area contributed by atoms with E-state index in [-0.39, 0.29) is 0 Å². The van der Waals surface area contributed by atoms with Gasteiger partial charge in [0.1, 0.15) is 17.7 Å². The molecule has 0 saturated heterocycles. The van der Waals surface area contributed by atoms with Gasteiger partial charge in [0, 0.05) is 16.5 Å². The Morgan fingerprint density at radius 2 is 1.42 bits per heavy atom. The standard InChI is InChI=1S/C27H16N4/c1-4-10-20-17(7-1)13-14-21(27(20)31-16-28-22-11-5-6-12-24(22)31)25-19-9-3-2-8-18(19)15-23-26(25)30-29-23/h1-16H. The predicted octanol–water partition coefficient (Wildman–Crippen LogP) is 7.73. The SMILES string of the molecule is c1ccc2c(-c3ccc4ccccc4c3-n3cnc4ccccc43)c3c(cc2c1)N=N3. The Labute approximate surface area is 178 Å². The normalized spacial score (nSPS) is 12.4. The second kappa shape index (κ2) is 6.09. The van der Waals surface area contributed by atoms with Gasteiger partial charge >= 0.3 is 0 Å². The molecule has 2 heterocycles. The number of fused-ring (bicyclic) bond motifs is 4. The highest BCUT2D eigenvalue weighted by Crippen LogP contribution is 2.51. The van der Waals surface area contributed by atoms with Crippen LogP contribution in [0.1, 0.15) is 0 Å². The first-order valence-corrected chi connectivity index (χ1v) is 10.3. The van der Waals surface area contributed by atoms with Gasteiger partial charge in [-0.2, -0.15) is 0 Å². The second-order valence-electron chi connectivity index (χ2n) is 7.83. The van der Waals surface area contributed by atoms with E-state index in [2.05, 4.69) is 105 Å². The summed E-state index contributed by atoms with van der Waals surface area (Å²) in [7, 11) is 0. The van der Waals surface area contributed by atoms with E-state index < -0.39 is 0 Å². The molecule has 31 heavy (non-hydrogen) atoms. The van der Waals surface area contributed by atoms with Crippen LogP contribution < -0.4 is 0 Å². The third-order valence-electron chi connectivity index (χ3n) is 6.12. The van der Waals surface area contributed by atoms with Crippen LogP contribution >= 0.6 is 0 Å². The average Bonchev–Trinajstić information content (AvgIpc) is 3.23. The first-order chi connectivity index (χ1) is 15.4.